The molecule has 1 fully saturated rings. The van der Waals surface area contributed by atoms with Gasteiger partial charge in [-0.25, -0.2) is 4.98 Å². The minimum absolute atomic E-state index is 0.127. The first-order valence-corrected chi connectivity index (χ1v) is 4.54. The van der Waals surface area contributed by atoms with Crippen molar-refractivity contribution in [1.29, 1.82) is 0 Å². The predicted octanol–water partition coefficient (Wildman–Crippen LogP) is 1.30. The summed E-state index contributed by atoms with van der Waals surface area (Å²) >= 11 is 0. The lowest BCUT2D eigenvalue weighted by Crippen LogP contribution is -2.23. The van der Waals surface area contributed by atoms with E-state index in [1.54, 1.807) is 0 Å². The Kier molecular flexibility index (Phi) is 2.04. The van der Waals surface area contributed by atoms with Gasteiger partial charge in [-0.1, -0.05) is 0 Å². The van der Waals surface area contributed by atoms with Crippen LogP contribution in [0.4, 0.5) is 0 Å². The Bertz CT molecular complexity index is 315. The molecule has 0 spiro atoms. The fourth-order valence-electron chi connectivity index (χ4n) is 1.31. The highest BCUT2D eigenvalue weighted by Gasteiger charge is 2.32. The highest BCUT2D eigenvalue weighted by Crippen LogP contribution is 2.41. The van der Waals surface area contributed by atoms with Crippen molar-refractivity contribution in [2.45, 2.75) is 25.7 Å². The summed E-state index contributed by atoms with van der Waals surface area (Å²) in [6.07, 6.45) is 3.57. The molecule has 4 nitrogen and oxygen atoms in total. The second-order valence-corrected chi connectivity index (χ2v) is 3.20. The average molecular weight is 180 g/mol. The van der Waals surface area contributed by atoms with Gasteiger partial charge in [0, 0.05) is 12.5 Å². The molecular formula is C9H12N2O2. The molecule has 1 aromatic rings. The fourth-order valence-corrected chi connectivity index (χ4v) is 1.31. The summed E-state index contributed by atoms with van der Waals surface area (Å²) in [5, 5.41) is 2.71. The zero-order valence-electron chi connectivity index (χ0n) is 7.54. The molecule has 4 heteroatoms. The molecule has 1 heterocycles. The van der Waals surface area contributed by atoms with Crippen molar-refractivity contribution < 1.29 is 9.21 Å². The average Bonchev–Trinajstić information content (AvgIpc) is 2.84. The van der Waals surface area contributed by atoms with Gasteiger partial charge in [-0.15, -0.1) is 0 Å². The minimum atomic E-state index is -0.127. The zero-order valence-corrected chi connectivity index (χ0v) is 7.54. The van der Waals surface area contributed by atoms with Crippen LogP contribution >= 0.6 is 0 Å². The molecule has 1 aliphatic rings. The summed E-state index contributed by atoms with van der Waals surface area (Å²) in [6.45, 7) is 2.50. The molecule has 0 aliphatic heterocycles. The number of hydrogen-bond donors (Lipinski definition) is 1. The van der Waals surface area contributed by atoms with Crippen molar-refractivity contribution in [3.8, 4) is 0 Å². The molecule has 1 aliphatic carbocycles. The lowest BCUT2D eigenvalue weighted by atomic mass is 10.2. The van der Waals surface area contributed by atoms with Gasteiger partial charge in [0.15, 0.2) is 12.1 Å². The lowest BCUT2D eigenvalue weighted by molar-refractivity contribution is 0.0949. The van der Waals surface area contributed by atoms with Crippen LogP contribution in [0, 0.1) is 0 Å². The molecule has 0 unspecified atom stereocenters. The summed E-state index contributed by atoms with van der Waals surface area (Å²) < 4.78 is 5.18. The van der Waals surface area contributed by atoms with Crippen LogP contribution in [0.15, 0.2) is 10.8 Å². The molecule has 1 saturated carbocycles. The van der Waals surface area contributed by atoms with Crippen molar-refractivity contribution in [2.75, 3.05) is 6.54 Å². The van der Waals surface area contributed by atoms with Crippen LogP contribution in [0.25, 0.3) is 0 Å². The number of oxazole rings is 1. The van der Waals surface area contributed by atoms with E-state index in [4.69, 9.17) is 4.42 Å². The van der Waals surface area contributed by atoms with E-state index < -0.39 is 0 Å². The van der Waals surface area contributed by atoms with Gasteiger partial charge in [0.25, 0.3) is 5.91 Å². The summed E-state index contributed by atoms with van der Waals surface area (Å²) in [4.78, 5) is 15.3. The summed E-state index contributed by atoms with van der Waals surface area (Å²) in [7, 11) is 0. The van der Waals surface area contributed by atoms with E-state index in [-0.39, 0.29) is 5.91 Å². The van der Waals surface area contributed by atoms with E-state index in [9.17, 15) is 4.79 Å². The van der Waals surface area contributed by atoms with Gasteiger partial charge >= 0.3 is 0 Å². The van der Waals surface area contributed by atoms with Gasteiger partial charge in [-0.3, -0.25) is 4.79 Å². The second-order valence-electron chi connectivity index (χ2n) is 3.20. The van der Waals surface area contributed by atoms with Crippen LogP contribution in [-0.2, 0) is 0 Å². The molecule has 1 aromatic heterocycles. The highest BCUT2D eigenvalue weighted by molar-refractivity contribution is 5.93. The maximum absolute atomic E-state index is 11.4. The third-order valence-corrected chi connectivity index (χ3v) is 2.10. The number of rotatable bonds is 3. The third kappa shape index (κ3) is 1.56. The zero-order chi connectivity index (χ0) is 9.26. The monoisotopic (exact) mass is 180 g/mol. The predicted molar refractivity (Wildman–Crippen MR) is 46.5 cm³/mol. The summed E-state index contributed by atoms with van der Waals surface area (Å²) in [5.74, 6) is 1.06. The van der Waals surface area contributed by atoms with Crippen LogP contribution in [0.2, 0.25) is 0 Å². The smallest absolute Gasteiger partial charge is 0.273 e. The molecular weight excluding hydrogens is 168 g/mol. The topological polar surface area (TPSA) is 55.1 Å². The molecule has 0 atom stereocenters. The maximum Gasteiger partial charge on any atom is 0.273 e. The summed E-state index contributed by atoms with van der Waals surface area (Å²) in [6, 6.07) is 0. The van der Waals surface area contributed by atoms with E-state index in [0.29, 0.717) is 18.2 Å². The number of aromatic nitrogens is 1. The largest absolute Gasteiger partial charge is 0.447 e. The standard InChI is InChI=1S/C9H12N2O2/c1-2-10-9(12)7-8(6-3-4-6)13-5-11-7/h5-6H,2-4H2,1H3,(H,10,12). The maximum atomic E-state index is 11.4. The molecule has 70 valence electrons. The molecule has 0 saturated heterocycles. The number of carbonyl (C=O) groups is 1. The van der Waals surface area contributed by atoms with Gasteiger partial charge in [0.2, 0.25) is 0 Å². The Balaban J connectivity index is 2.18. The van der Waals surface area contributed by atoms with Crippen molar-refractivity contribution in [2.24, 2.45) is 0 Å². The first kappa shape index (κ1) is 8.29. The van der Waals surface area contributed by atoms with E-state index in [1.807, 2.05) is 6.92 Å². The van der Waals surface area contributed by atoms with Crippen LogP contribution in [0.5, 0.6) is 0 Å². The SMILES string of the molecule is CCNC(=O)c1ncoc1C1CC1. The van der Waals surface area contributed by atoms with Crippen LogP contribution in [0.1, 0.15) is 41.9 Å². The third-order valence-electron chi connectivity index (χ3n) is 2.10. The van der Waals surface area contributed by atoms with Gasteiger partial charge in [-0.05, 0) is 19.8 Å². The quantitative estimate of drug-likeness (QED) is 0.762. The van der Waals surface area contributed by atoms with Crippen molar-refractivity contribution >= 4 is 5.91 Å². The first-order chi connectivity index (χ1) is 6.33. The second kappa shape index (κ2) is 3.20. The molecule has 0 aromatic carbocycles. The van der Waals surface area contributed by atoms with Gasteiger partial charge in [0.1, 0.15) is 5.76 Å². The van der Waals surface area contributed by atoms with Crippen molar-refractivity contribution in [3.63, 3.8) is 0 Å². The van der Waals surface area contributed by atoms with Crippen LogP contribution in [-0.4, -0.2) is 17.4 Å². The molecule has 1 N–H and O–H groups in total. The Morgan fingerprint density at radius 1 is 1.77 bits per heavy atom. The number of amides is 1. The van der Waals surface area contributed by atoms with E-state index in [2.05, 4.69) is 10.3 Å². The Labute approximate surface area is 76.3 Å². The first-order valence-electron chi connectivity index (χ1n) is 4.54. The molecule has 13 heavy (non-hydrogen) atoms. The molecule has 0 bridgehead atoms. The van der Waals surface area contributed by atoms with Gasteiger partial charge in [0.05, 0.1) is 0 Å². The van der Waals surface area contributed by atoms with Crippen LogP contribution in [0.3, 0.4) is 0 Å². The van der Waals surface area contributed by atoms with Crippen molar-refractivity contribution in [1.82, 2.24) is 10.3 Å². The van der Waals surface area contributed by atoms with E-state index in [0.717, 1.165) is 18.6 Å². The van der Waals surface area contributed by atoms with Gasteiger partial charge in [-0.2, -0.15) is 0 Å². The molecule has 0 radical (unpaired) electrons. The van der Waals surface area contributed by atoms with E-state index in [1.165, 1.54) is 6.39 Å². The summed E-state index contributed by atoms with van der Waals surface area (Å²) in [5.41, 5.74) is 0.462. The highest BCUT2D eigenvalue weighted by atomic mass is 16.3. The van der Waals surface area contributed by atoms with Crippen LogP contribution < -0.4 is 5.32 Å². The Hall–Kier alpha value is -1.32. The number of nitrogens with zero attached hydrogens (tertiary/aromatic N) is 1. The minimum Gasteiger partial charge on any atom is -0.447 e. The number of carbonyl (C=O) groups excluding carboxylic acids is 1. The van der Waals surface area contributed by atoms with Crippen molar-refractivity contribution in [3.05, 3.63) is 17.8 Å². The Morgan fingerprint density at radius 2 is 2.54 bits per heavy atom. The van der Waals surface area contributed by atoms with E-state index >= 15 is 0 Å². The Morgan fingerprint density at radius 3 is 3.15 bits per heavy atom. The number of nitrogens with one attached hydrogen (secondary N) is 1. The number of hydrogen-bond acceptors (Lipinski definition) is 3. The van der Waals surface area contributed by atoms with Gasteiger partial charge < -0.3 is 9.73 Å². The molecule has 1 amide bonds. The molecule has 2 rings (SSSR count). The lowest BCUT2D eigenvalue weighted by Gasteiger charge is -1.99. The fraction of sp³-hybridized carbons (Fsp3) is 0.556. The normalized spacial score (nSPS) is 15.8.